The Morgan fingerprint density at radius 1 is 1.05 bits per heavy atom. The second-order valence-corrected chi connectivity index (χ2v) is 5.27. The predicted molar refractivity (Wildman–Crippen MR) is 83.1 cm³/mol. The summed E-state index contributed by atoms with van der Waals surface area (Å²) in [5, 5.41) is 0. The molecule has 2 heteroatoms. The van der Waals surface area contributed by atoms with Crippen molar-refractivity contribution >= 4 is 6.41 Å². The van der Waals surface area contributed by atoms with Gasteiger partial charge < -0.3 is 5.73 Å². The number of rotatable bonds is 7. The highest BCUT2D eigenvalue weighted by Gasteiger charge is 2.24. The van der Waals surface area contributed by atoms with E-state index < -0.39 is 0 Å². The van der Waals surface area contributed by atoms with Crippen LogP contribution in [0.25, 0.3) is 0 Å². The van der Waals surface area contributed by atoms with Crippen LogP contribution in [0.3, 0.4) is 0 Å². The van der Waals surface area contributed by atoms with E-state index in [0.717, 1.165) is 0 Å². The van der Waals surface area contributed by atoms with Crippen LogP contribution in [0.2, 0.25) is 0 Å². The van der Waals surface area contributed by atoms with Gasteiger partial charge in [-0.05, 0) is 23.8 Å². The summed E-state index contributed by atoms with van der Waals surface area (Å²) in [6.45, 7) is 7.00. The largest absolute Gasteiger partial charge is 0.372 e. The standard InChI is InChI=1S/C16H26.CH3NO/c1-4-6-13-16(3,14-7-5-2)15-11-9-8-10-12-15;2-1-3/h8-12H,4-7,13-14H2,1-3H3;1H,(H2,2,3). The summed E-state index contributed by atoms with van der Waals surface area (Å²) in [6.07, 6.45) is 8.19. The van der Waals surface area contributed by atoms with E-state index in [0.29, 0.717) is 5.41 Å². The first-order valence-corrected chi connectivity index (χ1v) is 7.35. The smallest absolute Gasteiger partial charge is 0.204 e. The van der Waals surface area contributed by atoms with Crippen LogP contribution >= 0.6 is 0 Å². The first-order chi connectivity index (χ1) is 9.14. The molecule has 1 amide bonds. The number of amides is 1. The summed E-state index contributed by atoms with van der Waals surface area (Å²) in [5.74, 6) is 0. The van der Waals surface area contributed by atoms with Crippen molar-refractivity contribution in [2.45, 2.75) is 64.7 Å². The molecule has 0 saturated heterocycles. The van der Waals surface area contributed by atoms with Gasteiger partial charge in [-0.15, -0.1) is 0 Å². The zero-order valence-corrected chi connectivity index (χ0v) is 12.7. The lowest BCUT2D eigenvalue weighted by atomic mass is 9.74. The molecule has 0 aliphatic rings. The summed E-state index contributed by atoms with van der Waals surface area (Å²) in [5.41, 5.74) is 6.09. The number of carbonyl (C=O) groups is 1. The number of carbonyl (C=O) groups excluding carboxylic acids is 1. The van der Waals surface area contributed by atoms with Gasteiger partial charge in [-0.1, -0.05) is 76.8 Å². The van der Waals surface area contributed by atoms with E-state index >= 15 is 0 Å². The van der Waals surface area contributed by atoms with Gasteiger partial charge in [0.05, 0.1) is 0 Å². The highest BCUT2D eigenvalue weighted by Crippen LogP contribution is 2.34. The quantitative estimate of drug-likeness (QED) is 0.727. The average molecular weight is 263 g/mol. The zero-order valence-electron chi connectivity index (χ0n) is 12.7. The second-order valence-electron chi connectivity index (χ2n) is 5.27. The fourth-order valence-corrected chi connectivity index (χ4v) is 2.39. The molecular formula is C17H29NO. The minimum atomic E-state index is 0.250. The SMILES string of the molecule is CCCCC(C)(CCCC)c1ccccc1.NC=O. The number of primary amides is 1. The van der Waals surface area contributed by atoms with E-state index in [4.69, 9.17) is 4.79 Å². The molecule has 1 aromatic carbocycles. The van der Waals surface area contributed by atoms with Gasteiger partial charge in [0, 0.05) is 0 Å². The predicted octanol–water partition coefficient (Wildman–Crippen LogP) is 4.43. The summed E-state index contributed by atoms with van der Waals surface area (Å²) in [7, 11) is 0. The lowest BCUT2D eigenvalue weighted by molar-refractivity contribution is -0.106. The Morgan fingerprint density at radius 3 is 1.84 bits per heavy atom. The van der Waals surface area contributed by atoms with Gasteiger partial charge in [-0.3, -0.25) is 4.79 Å². The monoisotopic (exact) mass is 263 g/mol. The average Bonchev–Trinajstić information content (AvgIpc) is 2.45. The maximum absolute atomic E-state index is 8.58. The maximum Gasteiger partial charge on any atom is 0.204 e. The fraction of sp³-hybridized carbons (Fsp3) is 0.588. The fourth-order valence-electron chi connectivity index (χ4n) is 2.39. The van der Waals surface area contributed by atoms with Crippen LogP contribution in [0.1, 0.15) is 64.9 Å². The summed E-state index contributed by atoms with van der Waals surface area (Å²) >= 11 is 0. The van der Waals surface area contributed by atoms with Crippen molar-refractivity contribution in [3.63, 3.8) is 0 Å². The Kier molecular flexibility index (Phi) is 9.87. The van der Waals surface area contributed by atoms with Gasteiger partial charge in [0.1, 0.15) is 0 Å². The molecule has 0 aliphatic carbocycles. The molecule has 0 fully saturated rings. The van der Waals surface area contributed by atoms with Crippen molar-refractivity contribution in [2.75, 3.05) is 0 Å². The molecule has 2 nitrogen and oxygen atoms in total. The second kappa shape index (κ2) is 10.6. The Labute approximate surface area is 118 Å². The third kappa shape index (κ3) is 7.00. The third-order valence-corrected chi connectivity index (χ3v) is 3.63. The van der Waals surface area contributed by atoms with Crippen LogP contribution in [0, 0.1) is 0 Å². The lowest BCUT2D eigenvalue weighted by Gasteiger charge is -2.30. The number of hydrogen-bond acceptors (Lipinski definition) is 1. The molecule has 1 rings (SSSR count). The summed E-state index contributed by atoms with van der Waals surface area (Å²) in [6, 6.07) is 11.1. The molecule has 0 unspecified atom stereocenters. The van der Waals surface area contributed by atoms with Gasteiger partial charge in [0.2, 0.25) is 6.41 Å². The topological polar surface area (TPSA) is 43.1 Å². The molecule has 108 valence electrons. The van der Waals surface area contributed by atoms with Gasteiger partial charge in [-0.2, -0.15) is 0 Å². The first-order valence-electron chi connectivity index (χ1n) is 7.35. The molecule has 0 spiro atoms. The van der Waals surface area contributed by atoms with E-state index in [1.807, 2.05) is 0 Å². The van der Waals surface area contributed by atoms with Crippen molar-refractivity contribution in [1.82, 2.24) is 0 Å². The minimum absolute atomic E-state index is 0.250. The zero-order chi connectivity index (χ0) is 14.6. The number of hydrogen-bond donors (Lipinski definition) is 1. The van der Waals surface area contributed by atoms with Crippen molar-refractivity contribution in [2.24, 2.45) is 5.73 Å². The Balaban J connectivity index is 0.000000982. The van der Waals surface area contributed by atoms with Gasteiger partial charge >= 0.3 is 0 Å². The van der Waals surface area contributed by atoms with Gasteiger partial charge in [0.25, 0.3) is 0 Å². The Bertz CT molecular complexity index is 313. The normalized spacial score (nSPS) is 10.5. The van der Waals surface area contributed by atoms with Crippen molar-refractivity contribution in [3.8, 4) is 0 Å². The van der Waals surface area contributed by atoms with Crippen LogP contribution in [-0.2, 0) is 10.2 Å². The summed E-state index contributed by atoms with van der Waals surface area (Å²) < 4.78 is 0. The molecule has 0 aliphatic heterocycles. The molecule has 1 aromatic rings. The number of benzene rings is 1. The van der Waals surface area contributed by atoms with Crippen LogP contribution in [0.15, 0.2) is 30.3 Å². The summed E-state index contributed by atoms with van der Waals surface area (Å²) in [4.78, 5) is 8.58. The van der Waals surface area contributed by atoms with E-state index in [2.05, 4.69) is 56.8 Å². The van der Waals surface area contributed by atoms with E-state index in [-0.39, 0.29) is 6.41 Å². The Hall–Kier alpha value is -1.31. The van der Waals surface area contributed by atoms with Crippen LogP contribution in [-0.4, -0.2) is 6.41 Å². The van der Waals surface area contributed by atoms with E-state index in [1.54, 1.807) is 0 Å². The minimum Gasteiger partial charge on any atom is -0.372 e. The molecule has 2 N–H and O–H groups in total. The lowest BCUT2D eigenvalue weighted by Crippen LogP contribution is -2.21. The molecule has 0 radical (unpaired) electrons. The van der Waals surface area contributed by atoms with Gasteiger partial charge in [-0.25, -0.2) is 0 Å². The molecular weight excluding hydrogens is 234 g/mol. The van der Waals surface area contributed by atoms with Crippen LogP contribution in [0.5, 0.6) is 0 Å². The van der Waals surface area contributed by atoms with E-state index in [1.165, 1.54) is 44.1 Å². The molecule has 0 heterocycles. The molecule has 19 heavy (non-hydrogen) atoms. The third-order valence-electron chi connectivity index (χ3n) is 3.63. The van der Waals surface area contributed by atoms with Crippen molar-refractivity contribution in [1.29, 1.82) is 0 Å². The number of nitrogens with two attached hydrogens (primary N) is 1. The van der Waals surface area contributed by atoms with Crippen molar-refractivity contribution in [3.05, 3.63) is 35.9 Å². The molecule has 0 bridgehead atoms. The first kappa shape index (κ1) is 17.7. The highest BCUT2D eigenvalue weighted by molar-refractivity contribution is 5.42. The van der Waals surface area contributed by atoms with Gasteiger partial charge in [0.15, 0.2) is 0 Å². The Morgan fingerprint density at radius 2 is 1.47 bits per heavy atom. The van der Waals surface area contributed by atoms with Crippen molar-refractivity contribution < 1.29 is 4.79 Å². The maximum atomic E-state index is 8.58. The van der Waals surface area contributed by atoms with Crippen LogP contribution in [0.4, 0.5) is 0 Å². The highest BCUT2D eigenvalue weighted by atomic mass is 16.1. The van der Waals surface area contributed by atoms with E-state index in [9.17, 15) is 0 Å². The molecule has 0 aromatic heterocycles. The molecule has 0 saturated carbocycles. The van der Waals surface area contributed by atoms with Crippen LogP contribution < -0.4 is 5.73 Å². The molecule has 0 atom stereocenters. The number of unbranched alkanes of at least 4 members (excludes halogenated alkanes) is 2.